The van der Waals surface area contributed by atoms with Crippen molar-refractivity contribution in [1.82, 2.24) is 25.1 Å². The van der Waals surface area contributed by atoms with Crippen molar-refractivity contribution >= 4 is 16.9 Å². The molecule has 0 spiro atoms. The van der Waals surface area contributed by atoms with E-state index in [-0.39, 0.29) is 5.82 Å². The summed E-state index contributed by atoms with van der Waals surface area (Å²) in [5.74, 6) is 1.36. The summed E-state index contributed by atoms with van der Waals surface area (Å²) in [7, 11) is 0. The zero-order chi connectivity index (χ0) is 15.8. The number of benzene rings is 1. The highest BCUT2D eigenvalue weighted by molar-refractivity contribution is 5.88. The van der Waals surface area contributed by atoms with Crippen LogP contribution in [0.5, 0.6) is 0 Å². The van der Waals surface area contributed by atoms with Gasteiger partial charge in [-0.3, -0.25) is 0 Å². The van der Waals surface area contributed by atoms with Crippen LogP contribution in [0.15, 0.2) is 30.5 Å². The number of halogens is 1. The Morgan fingerprint density at radius 1 is 1.09 bits per heavy atom. The van der Waals surface area contributed by atoms with E-state index in [0.29, 0.717) is 5.82 Å². The topological polar surface area (TPSA) is 58.9 Å². The van der Waals surface area contributed by atoms with Crippen LogP contribution >= 0.6 is 0 Å². The van der Waals surface area contributed by atoms with Crippen LogP contribution in [0.25, 0.3) is 16.7 Å². The third-order valence-corrected chi connectivity index (χ3v) is 4.01. The van der Waals surface area contributed by atoms with Crippen LogP contribution in [0.2, 0.25) is 0 Å². The van der Waals surface area contributed by atoms with Gasteiger partial charge >= 0.3 is 0 Å². The van der Waals surface area contributed by atoms with Gasteiger partial charge in [-0.1, -0.05) is 0 Å². The molecule has 1 fully saturated rings. The van der Waals surface area contributed by atoms with Gasteiger partial charge < -0.3 is 10.2 Å². The van der Waals surface area contributed by atoms with Crippen LogP contribution in [0.3, 0.4) is 0 Å². The van der Waals surface area contributed by atoms with E-state index < -0.39 is 0 Å². The van der Waals surface area contributed by atoms with Gasteiger partial charge in [0.15, 0.2) is 5.65 Å². The molecule has 0 saturated carbocycles. The fourth-order valence-corrected chi connectivity index (χ4v) is 2.89. The molecule has 1 aromatic carbocycles. The van der Waals surface area contributed by atoms with Gasteiger partial charge in [-0.15, -0.1) is 0 Å². The van der Waals surface area contributed by atoms with Gasteiger partial charge in [0.25, 0.3) is 0 Å². The maximum atomic E-state index is 13.1. The van der Waals surface area contributed by atoms with Crippen LogP contribution in [0.4, 0.5) is 10.2 Å². The Hall–Kier alpha value is -2.54. The molecule has 1 aliphatic heterocycles. The van der Waals surface area contributed by atoms with Crippen molar-refractivity contribution in [2.24, 2.45) is 0 Å². The van der Waals surface area contributed by atoms with Crippen LogP contribution < -0.4 is 10.2 Å². The van der Waals surface area contributed by atoms with Gasteiger partial charge in [0.05, 0.1) is 17.3 Å². The summed E-state index contributed by atoms with van der Waals surface area (Å²) in [6.45, 7) is 5.58. The first-order valence-electron chi connectivity index (χ1n) is 7.66. The normalized spacial score (nSPS) is 15.3. The van der Waals surface area contributed by atoms with Crippen LogP contribution in [-0.4, -0.2) is 45.9 Å². The predicted molar refractivity (Wildman–Crippen MR) is 86.4 cm³/mol. The van der Waals surface area contributed by atoms with E-state index in [9.17, 15) is 4.39 Å². The lowest BCUT2D eigenvalue weighted by molar-refractivity contribution is 0.585. The summed E-state index contributed by atoms with van der Waals surface area (Å²) in [4.78, 5) is 11.4. The van der Waals surface area contributed by atoms with Crippen molar-refractivity contribution in [2.75, 3.05) is 31.1 Å². The number of fused-ring (bicyclic) bond motifs is 1. The maximum Gasteiger partial charge on any atom is 0.168 e. The number of nitrogens with one attached hydrogen (secondary N) is 1. The molecule has 0 radical (unpaired) electrons. The second kappa shape index (κ2) is 5.58. The second-order valence-corrected chi connectivity index (χ2v) is 5.60. The largest absolute Gasteiger partial charge is 0.353 e. The number of rotatable bonds is 2. The molecule has 118 valence electrons. The Labute approximate surface area is 133 Å². The quantitative estimate of drug-likeness (QED) is 0.780. The fourth-order valence-electron chi connectivity index (χ4n) is 2.89. The monoisotopic (exact) mass is 312 g/mol. The lowest BCUT2D eigenvalue weighted by Gasteiger charge is -2.28. The molecule has 23 heavy (non-hydrogen) atoms. The summed E-state index contributed by atoms with van der Waals surface area (Å²) in [6.07, 6.45) is 1.79. The third-order valence-electron chi connectivity index (χ3n) is 4.01. The SMILES string of the molecule is Cc1nc(N2CCNCC2)c2cnn(-c3ccc(F)cc3)c2n1. The number of anilines is 1. The molecule has 7 heteroatoms. The number of aryl methyl sites for hydroxylation is 1. The van der Waals surface area contributed by atoms with Gasteiger partial charge in [0.1, 0.15) is 17.5 Å². The number of nitrogens with zero attached hydrogens (tertiary/aromatic N) is 5. The smallest absolute Gasteiger partial charge is 0.168 e. The average molecular weight is 312 g/mol. The summed E-state index contributed by atoms with van der Waals surface area (Å²) >= 11 is 0. The van der Waals surface area contributed by atoms with Gasteiger partial charge in [-0.05, 0) is 31.2 Å². The molecular formula is C16H17FN6. The van der Waals surface area contributed by atoms with Gasteiger partial charge in [-0.25, -0.2) is 19.0 Å². The zero-order valence-corrected chi connectivity index (χ0v) is 12.8. The van der Waals surface area contributed by atoms with Crippen molar-refractivity contribution in [1.29, 1.82) is 0 Å². The first kappa shape index (κ1) is 14.1. The zero-order valence-electron chi connectivity index (χ0n) is 12.8. The molecule has 0 amide bonds. The predicted octanol–water partition coefficient (Wildman–Crippen LogP) is 1.67. The molecule has 4 rings (SSSR count). The molecule has 6 nitrogen and oxygen atoms in total. The molecular weight excluding hydrogens is 295 g/mol. The Morgan fingerprint density at radius 2 is 1.83 bits per heavy atom. The number of piperazine rings is 1. The third kappa shape index (κ3) is 2.53. The van der Waals surface area contributed by atoms with Crippen molar-refractivity contribution < 1.29 is 4.39 Å². The minimum absolute atomic E-state index is 0.266. The first-order chi connectivity index (χ1) is 11.2. The van der Waals surface area contributed by atoms with E-state index in [2.05, 4.69) is 25.3 Å². The van der Waals surface area contributed by atoms with Crippen LogP contribution in [-0.2, 0) is 0 Å². The van der Waals surface area contributed by atoms with Gasteiger partial charge in [0.2, 0.25) is 0 Å². The first-order valence-corrected chi connectivity index (χ1v) is 7.66. The van der Waals surface area contributed by atoms with E-state index in [1.807, 2.05) is 6.92 Å². The molecule has 0 unspecified atom stereocenters. The van der Waals surface area contributed by atoms with E-state index >= 15 is 0 Å². The minimum atomic E-state index is -0.266. The van der Waals surface area contributed by atoms with Crippen molar-refractivity contribution in [3.05, 3.63) is 42.1 Å². The van der Waals surface area contributed by atoms with Crippen LogP contribution in [0, 0.1) is 12.7 Å². The Bertz CT molecular complexity index is 836. The minimum Gasteiger partial charge on any atom is -0.353 e. The second-order valence-electron chi connectivity index (χ2n) is 5.60. The van der Waals surface area contributed by atoms with Crippen LogP contribution in [0.1, 0.15) is 5.82 Å². The Kier molecular flexibility index (Phi) is 3.42. The highest BCUT2D eigenvalue weighted by Crippen LogP contribution is 2.26. The van der Waals surface area contributed by atoms with Crippen molar-refractivity contribution in [2.45, 2.75) is 6.92 Å². The molecule has 2 aromatic heterocycles. The standard InChI is InChI=1S/C16H17FN6/c1-11-20-15(22-8-6-18-7-9-22)14-10-19-23(16(14)21-11)13-4-2-12(17)3-5-13/h2-5,10,18H,6-9H2,1H3. The van der Waals surface area contributed by atoms with E-state index in [4.69, 9.17) is 0 Å². The lowest BCUT2D eigenvalue weighted by Crippen LogP contribution is -2.44. The number of hydrogen-bond acceptors (Lipinski definition) is 5. The fraction of sp³-hybridized carbons (Fsp3) is 0.312. The summed E-state index contributed by atoms with van der Waals surface area (Å²) in [6, 6.07) is 6.25. The van der Waals surface area contributed by atoms with Crippen molar-refractivity contribution in [3.63, 3.8) is 0 Å². The summed E-state index contributed by atoms with van der Waals surface area (Å²) in [5, 5.41) is 8.70. The van der Waals surface area contributed by atoms with Crippen molar-refractivity contribution in [3.8, 4) is 5.69 Å². The number of aromatic nitrogens is 4. The molecule has 1 aliphatic rings. The lowest BCUT2D eigenvalue weighted by atomic mass is 10.3. The van der Waals surface area contributed by atoms with Gasteiger partial charge in [-0.2, -0.15) is 5.10 Å². The highest BCUT2D eigenvalue weighted by Gasteiger charge is 2.19. The van der Waals surface area contributed by atoms with Gasteiger partial charge in [0, 0.05) is 26.2 Å². The Morgan fingerprint density at radius 3 is 2.57 bits per heavy atom. The Balaban J connectivity index is 1.85. The summed E-state index contributed by atoms with van der Waals surface area (Å²) < 4.78 is 14.9. The number of hydrogen-bond donors (Lipinski definition) is 1. The van der Waals surface area contributed by atoms with E-state index in [0.717, 1.165) is 48.7 Å². The maximum absolute atomic E-state index is 13.1. The summed E-state index contributed by atoms with van der Waals surface area (Å²) in [5.41, 5.74) is 1.53. The molecule has 1 N–H and O–H groups in total. The molecule has 0 atom stereocenters. The molecule has 3 aromatic rings. The molecule has 1 saturated heterocycles. The van der Waals surface area contributed by atoms with E-state index in [1.54, 1.807) is 23.0 Å². The highest BCUT2D eigenvalue weighted by atomic mass is 19.1. The molecule has 0 aliphatic carbocycles. The molecule has 0 bridgehead atoms. The van der Waals surface area contributed by atoms with E-state index in [1.165, 1.54) is 12.1 Å². The average Bonchev–Trinajstić information content (AvgIpc) is 2.99. The molecule has 3 heterocycles.